The summed E-state index contributed by atoms with van der Waals surface area (Å²) in [6.07, 6.45) is 69.2. The molecule has 0 spiro atoms. The fraction of sp³-hybridized carbons (Fsp3) is 0.787. The van der Waals surface area contributed by atoms with Gasteiger partial charge >= 0.3 is 17.9 Å². The van der Waals surface area contributed by atoms with Crippen LogP contribution in [0.25, 0.3) is 0 Å². The van der Waals surface area contributed by atoms with Crippen LogP contribution in [0.2, 0.25) is 0 Å². The molecule has 0 aliphatic rings. The fourth-order valence-electron chi connectivity index (χ4n) is 8.13. The van der Waals surface area contributed by atoms with E-state index in [4.69, 9.17) is 14.2 Å². The van der Waals surface area contributed by atoms with Crippen LogP contribution in [0.4, 0.5) is 0 Å². The van der Waals surface area contributed by atoms with Gasteiger partial charge in [0.25, 0.3) is 0 Å². The van der Waals surface area contributed by atoms with E-state index in [1.807, 2.05) is 0 Å². The molecule has 0 amide bonds. The van der Waals surface area contributed by atoms with Gasteiger partial charge in [-0.3, -0.25) is 14.4 Å². The van der Waals surface area contributed by atoms with E-state index in [1.165, 1.54) is 161 Å². The standard InChI is InChI=1S/C61H108O6/c1-4-7-10-13-16-19-22-24-26-28-30-31-32-34-35-37-39-42-45-48-51-54-60(63)66-57-58(56-65-59(62)53-50-47-44-41-21-18-15-12-9-6-3)67-61(64)55-52-49-46-43-40-38-36-33-29-27-25-23-20-17-14-11-8-5-2/h20,22-24,27-30,32,34,58H,4-19,21,25-26,31,33,35-57H2,1-3H3/b23-20-,24-22-,29-27-,30-28-,34-32-. The van der Waals surface area contributed by atoms with Crippen molar-refractivity contribution in [3.63, 3.8) is 0 Å². The third-order valence-electron chi connectivity index (χ3n) is 12.5. The zero-order chi connectivity index (χ0) is 48.6. The third-order valence-corrected chi connectivity index (χ3v) is 12.5. The molecule has 0 saturated carbocycles. The number of carbonyl (C=O) groups is 3. The van der Waals surface area contributed by atoms with Crippen LogP contribution in [0.1, 0.15) is 290 Å². The molecular formula is C61H108O6. The zero-order valence-corrected chi connectivity index (χ0v) is 44.4. The molecule has 0 aliphatic heterocycles. The molecule has 0 aromatic rings. The Bertz CT molecular complexity index is 1210. The van der Waals surface area contributed by atoms with Crippen molar-refractivity contribution in [3.8, 4) is 0 Å². The average Bonchev–Trinajstić information content (AvgIpc) is 3.33. The van der Waals surface area contributed by atoms with E-state index in [0.717, 1.165) is 89.9 Å². The molecule has 0 bridgehead atoms. The maximum atomic E-state index is 12.8. The van der Waals surface area contributed by atoms with Crippen molar-refractivity contribution in [2.75, 3.05) is 13.2 Å². The number of esters is 3. The quantitative estimate of drug-likeness (QED) is 0.0262. The van der Waals surface area contributed by atoms with E-state index in [9.17, 15) is 14.4 Å². The molecule has 1 unspecified atom stereocenters. The predicted molar refractivity (Wildman–Crippen MR) is 288 cm³/mol. The highest BCUT2D eigenvalue weighted by Gasteiger charge is 2.19. The second-order valence-corrected chi connectivity index (χ2v) is 19.2. The van der Waals surface area contributed by atoms with Crippen molar-refractivity contribution < 1.29 is 28.6 Å². The number of carbonyl (C=O) groups excluding carboxylic acids is 3. The Balaban J connectivity index is 4.34. The zero-order valence-electron chi connectivity index (χ0n) is 44.4. The monoisotopic (exact) mass is 937 g/mol. The highest BCUT2D eigenvalue weighted by Crippen LogP contribution is 2.15. The van der Waals surface area contributed by atoms with Crippen LogP contribution in [0.5, 0.6) is 0 Å². The van der Waals surface area contributed by atoms with Crippen LogP contribution in [0.3, 0.4) is 0 Å². The lowest BCUT2D eigenvalue weighted by Crippen LogP contribution is -2.30. The number of hydrogen-bond acceptors (Lipinski definition) is 6. The van der Waals surface area contributed by atoms with Gasteiger partial charge in [-0.05, 0) is 89.9 Å². The van der Waals surface area contributed by atoms with Crippen LogP contribution in [-0.4, -0.2) is 37.2 Å². The Morgan fingerprint density at radius 2 is 0.537 bits per heavy atom. The fourth-order valence-corrected chi connectivity index (χ4v) is 8.13. The van der Waals surface area contributed by atoms with Crippen molar-refractivity contribution in [1.82, 2.24) is 0 Å². The van der Waals surface area contributed by atoms with Crippen molar-refractivity contribution in [3.05, 3.63) is 60.8 Å². The normalized spacial score (nSPS) is 12.5. The lowest BCUT2D eigenvalue weighted by Gasteiger charge is -2.18. The minimum atomic E-state index is -0.782. The van der Waals surface area contributed by atoms with Gasteiger partial charge < -0.3 is 14.2 Å². The van der Waals surface area contributed by atoms with Crippen LogP contribution >= 0.6 is 0 Å². The first-order valence-electron chi connectivity index (χ1n) is 28.8. The molecule has 1 atom stereocenters. The Hall–Kier alpha value is -2.89. The highest BCUT2D eigenvalue weighted by atomic mass is 16.6. The molecule has 388 valence electrons. The molecule has 6 nitrogen and oxygen atoms in total. The van der Waals surface area contributed by atoms with E-state index >= 15 is 0 Å². The molecule has 67 heavy (non-hydrogen) atoms. The Morgan fingerprint density at radius 3 is 0.851 bits per heavy atom. The Morgan fingerprint density at radius 1 is 0.299 bits per heavy atom. The number of unbranched alkanes of at least 4 members (excludes halogenated alkanes) is 31. The SMILES string of the molecule is CCCCCC/C=C\C/C=C\CCCCCCCCCC(=O)OC(COC(=O)CCCCCCCC/C=C\C/C=C\C/C=C\CCCCCCC)COC(=O)CCCCCCCCCCCC. The summed E-state index contributed by atoms with van der Waals surface area (Å²) in [6.45, 7) is 6.60. The van der Waals surface area contributed by atoms with E-state index in [-0.39, 0.29) is 31.1 Å². The summed E-state index contributed by atoms with van der Waals surface area (Å²) in [5.74, 6) is -0.893. The van der Waals surface area contributed by atoms with Gasteiger partial charge in [0.05, 0.1) is 0 Å². The molecule has 0 fully saturated rings. The van der Waals surface area contributed by atoms with Crippen LogP contribution in [0.15, 0.2) is 60.8 Å². The lowest BCUT2D eigenvalue weighted by molar-refractivity contribution is -0.167. The number of rotatable bonds is 52. The summed E-state index contributed by atoms with van der Waals surface area (Å²) in [6, 6.07) is 0. The first kappa shape index (κ1) is 64.1. The number of hydrogen-bond donors (Lipinski definition) is 0. The molecule has 0 aromatic heterocycles. The van der Waals surface area contributed by atoms with Gasteiger partial charge in [-0.2, -0.15) is 0 Å². The summed E-state index contributed by atoms with van der Waals surface area (Å²) in [4.78, 5) is 38.1. The summed E-state index contributed by atoms with van der Waals surface area (Å²) >= 11 is 0. The molecule has 6 heteroatoms. The van der Waals surface area contributed by atoms with Gasteiger partial charge in [0.15, 0.2) is 6.10 Å². The van der Waals surface area contributed by atoms with Gasteiger partial charge in [0.1, 0.15) is 13.2 Å². The second-order valence-electron chi connectivity index (χ2n) is 19.2. The number of ether oxygens (including phenoxy) is 3. The van der Waals surface area contributed by atoms with E-state index in [1.54, 1.807) is 0 Å². The van der Waals surface area contributed by atoms with E-state index in [2.05, 4.69) is 81.5 Å². The molecule has 0 N–H and O–H groups in total. The van der Waals surface area contributed by atoms with E-state index in [0.29, 0.717) is 19.3 Å². The molecule has 0 aliphatic carbocycles. The minimum absolute atomic E-state index is 0.0799. The predicted octanol–water partition coefficient (Wildman–Crippen LogP) is 19.2. The second kappa shape index (κ2) is 55.7. The highest BCUT2D eigenvalue weighted by molar-refractivity contribution is 5.71. The molecule has 0 aromatic carbocycles. The summed E-state index contributed by atoms with van der Waals surface area (Å²) in [5, 5.41) is 0. The summed E-state index contributed by atoms with van der Waals surface area (Å²) in [5.41, 5.74) is 0. The van der Waals surface area contributed by atoms with E-state index < -0.39 is 6.10 Å². The third kappa shape index (κ3) is 53.9. The molecule has 0 saturated heterocycles. The lowest BCUT2D eigenvalue weighted by atomic mass is 10.1. The smallest absolute Gasteiger partial charge is 0.306 e. The maximum absolute atomic E-state index is 12.8. The number of allylic oxidation sites excluding steroid dienone is 10. The average molecular weight is 938 g/mol. The Labute approximate surface area is 415 Å². The molecule has 0 radical (unpaired) electrons. The van der Waals surface area contributed by atoms with Crippen molar-refractivity contribution >= 4 is 17.9 Å². The van der Waals surface area contributed by atoms with Gasteiger partial charge in [0, 0.05) is 19.3 Å². The summed E-state index contributed by atoms with van der Waals surface area (Å²) < 4.78 is 16.8. The van der Waals surface area contributed by atoms with Crippen LogP contribution in [-0.2, 0) is 28.6 Å². The van der Waals surface area contributed by atoms with Gasteiger partial charge in [-0.25, -0.2) is 0 Å². The van der Waals surface area contributed by atoms with Crippen molar-refractivity contribution in [2.45, 2.75) is 297 Å². The van der Waals surface area contributed by atoms with Crippen LogP contribution in [0, 0.1) is 0 Å². The van der Waals surface area contributed by atoms with Crippen molar-refractivity contribution in [2.24, 2.45) is 0 Å². The molecule has 0 heterocycles. The van der Waals surface area contributed by atoms with Crippen LogP contribution < -0.4 is 0 Å². The first-order chi connectivity index (χ1) is 33.0. The maximum Gasteiger partial charge on any atom is 0.306 e. The Kier molecular flexibility index (Phi) is 53.3. The summed E-state index contributed by atoms with van der Waals surface area (Å²) in [7, 11) is 0. The van der Waals surface area contributed by atoms with Gasteiger partial charge in [0.2, 0.25) is 0 Å². The molecule has 0 rings (SSSR count). The first-order valence-corrected chi connectivity index (χ1v) is 28.8. The topological polar surface area (TPSA) is 78.9 Å². The minimum Gasteiger partial charge on any atom is -0.462 e. The largest absolute Gasteiger partial charge is 0.462 e. The van der Waals surface area contributed by atoms with Gasteiger partial charge in [-0.1, -0.05) is 242 Å². The van der Waals surface area contributed by atoms with Gasteiger partial charge in [-0.15, -0.1) is 0 Å². The van der Waals surface area contributed by atoms with Crippen molar-refractivity contribution in [1.29, 1.82) is 0 Å². The molecular weight excluding hydrogens is 829 g/mol.